The van der Waals surface area contributed by atoms with Crippen molar-refractivity contribution in [3.63, 3.8) is 0 Å². The maximum atomic E-state index is 11.8. The van der Waals surface area contributed by atoms with E-state index in [1.807, 2.05) is 26.0 Å². The van der Waals surface area contributed by atoms with Crippen molar-refractivity contribution >= 4 is 11.9 Å². The molecule has 6 heteroatoms. The van der Waals surface area contributed by atoms with Gasteiger partial charge in [-0.15, -0.1) is 0 Å². The summed E-state index contributed by atoms with van der Waals surface area (Å²) in [4.78, 5) is 23.4. The molecule has 0 aliphatic carbocycles. The summed E-state index contributed by atoms with van der Waals surface area (Å²) in [6.07, 6.45) is 1.53. The Morgan fingerprint density at radius 2 is 1.96 bits per heavy atom. The molecule has 0 saturated heterocycles. The fourth-order valence-corrected chi connectivity index (χ4v) is 2.10. The van der Waals surface area contributed by atoms with Crippen LogP contribution in [0.4, 0.5) is 0 Å². The zero-order valence-electron chi connectivity index (χ0n) is 14.0. The van der Waals surface area contributed by atoms with E-state index in [4.69, 9.17) is 13.9 Å². The van der Waals surface area contributed by atoms with Crippen molar-refractivity contribution in [2.45, 2.75) is 26.8 Å². The van der Waals surface area contributed by atoms with Crippen molar-refractivity contribution in [1.82, 2.24) is 5.32 Å². The monoisotopic (exact) mass is 331 g/mol. The van der Waals surface area contributed by atoms with E-state index in [0.717, 1.165) is 11.1 Å². The Morgan fingerprint density at radius 1 is 1.17 bits per heavy atom. The summed E-state index contributed by atoms with van der Waals surface area (Å²) in [6.45, 7) is 5.05. The summed E-state index contributed by atoms with van der Waals surface area (Å²) in [5.74, 6) is 0.256. The van der Waals surface area contributed by atoms with Crippen molar-refractivity contribution in [2.24, 2.45) is 0 Å². The Morgan fingerprint density at radius 3 is 2.67 bits per heavy atom. The molecule has 0 aliphatic heterocycles. The molecule has 0 spiro atoms. The topological polar surface area (TPSA) is 77.8 Å². The third-order valence-corrected chi connectivity index (χ3v) is 3.61. The maximum Gasteiger partial charge on any atom is 0.344 e. The van der Waals surface area contributed by atoms with Gasteiger partial charge in [-0.3, -0.25) is 4.79 Å². The van der Waals surface area contributed by atoms with Crippen molar-refractivity contribution in [2.75, 3.05) is 13.2 Å². The summed E-state index contributed by atoms with van der Waals surface area (Å²) in [5.41, 5.74) is 2.04. The second kappa shape index (κ2) is 8.19. The van der Waals surface area contributed by atoms with Gasteiger partial charge < -0.3 is 19.2 Å². The second-order valence-corrected chi connectivity index (χ2v) is 5.45. The smallest absolute Gasteiger partial charge is 0.344 e. The molecule has 2 aromatic rings. The normalized spacial score (nSPS) is 11.6. The predicted octanol–water partition coefficient (Wildman–Crippen LogP) is 2.70. The quantitative estimate of drug-likeness (QED) is 0.789. The molecule has 1 heterocycles. The van der Waals surface area contributed by atoms with Gasteiger partial charge >= 0.3 is 5.97 Å². The van der Waals surface area contributed by atoms with Gasteiger partial charge in [-0.25, -0.2) is 4.79 Å². The van der Waals surface area contributed by atoms with E-state index in [2.05, 4.69) is 5.32 Å². The van der Waals surface area contributed by atoms with Crippen LogP contribution in [0, 0.1) is 13.8 Å². The van der Waals surface area contributed by atoms with E-state index in [9.17, 15) is 9.59 Å². The minimum Gasteiger partial charge on any atom is -0.482 e. The molecule has 24 heavy (non-hydrogen) atoms. The summed E-state index contributed by atoms with van der Waals surface area (Å²) in [6, 6.07) is 8.81. The number of hydrogen-bond acceptors (Lipinski definition) is 5. The number of furan rings is 1. The minimum absolute atomic E-state index is 0.245. The largest absolute Gasteiger partial charge is 0.482 e. The molecule has 1 atom stereocenters. The van der Waals surface area contributed by atoms with Crippen molar-refractivity contribution in [1.29, 1.82) is 0 Å². The van der Waals surface area contributed by atoms with Gasteiger partial charge in [0.1, 0.15) is 11.5 Å². The SMILES string of the molecule is Cc1cccc(OCC(=O)OCC(=O)N[C@@H](C)c2ccco2)c1C. The number of nitrogens with one attached hydrogen (secondary N) is 1. The number of benzene rings is 1. The number of hydrogen-bond donors (Lipinski definition) is 1. The van der Waals surface area contributed by atoms with Gasteiger partial charge in [0.15, 0.2) is 13.2 Å². The van der Waals surface area contributed by atoms with Crippen LogP contribution in [0.5, 0.6) is 5.75 Å². The van der Waals surface area contributed by atoms with Crippen LogP contribution >= 0.6 is 0 Å². The molecule has 0 fully saturated rings. The van der Waals surface area contributed by atoms with Crippen LogP contribution in [0.2, 0.25) is 0 Å². The van der Waals surface area contributed by atoms with Gasteiger partial charge in [0.2, 0.25) is 0 Å². The molecule has 128 valence electrons. The molecule has 0 saturated carbocycles. The Hall–Kier alpha value is -2.76. The average molecular weight is 331 g/mol. The number of carbonyl (C=O) groups excluding carboxylic acids is 2. The van der Waals surface area contributed by atoms with Crippen molar-refractivity contribution in [3.05, 3.63) is 53.5 Å². The first-order valence-corrected chi connectivity index (χ1v) is 7.64. The van der Waals surface area contributed by atoms with E-state index in [0.29, 0.717) is 11.5 Å². The summed E-state index contributed by atoms with van der Waals surface area (Å²) in [7, 11) is 0. The standard InChI is InChI=1S/C18H21NO5/c1-12-6-4-7-15(13(12)2)23-11-18(21)24-10-17(20)19-14(3)16-8-5-9-22-16/h4-9,14H,10-11H2,1-3H3,(H,19,20)/t14-/m0/s1. The fraction of sp³-hybridized carbons (Fsp3) is 0.333. The fourth-order valence-electron chi connectivity index (χ4n) is 2.10. The second-order valence-electron chi connectivity index (χ2n) is 5.45. The van der Waals surface area contributed by atoms with Crippen LogP contribution in [-0.4, -0.2) is 25.1 Å². The van der Waals surface area contributed by atoms with E-state index in [-0.39, 0.29) is 19.3 Å². The Bertz CT molecular complexity index is 693. The first-order chi connectivity index (χ1) is 11.5. The molecule has 0 bridgehead atoms. The predicted molar refractivity (Wildman–Crippen MR) is 87.6 cm³/mol. The van der Waals surface area contributed by atoms with Crippen LogP contribution in [-0.2, 0) is 14.3 Å². The van der Waals surface area contributed by atoms with E-state index in [1.165, 1.54) is 6.26 Å². The molecule has 1 amide bonds. The molecular weight excluding hydrogens is 310 g/mol. The van der Waals surface area contributed by atoms with Crippen molar-refractivity contribution < 1.29 is 23.5 Å². The van der Waals surface area contributed by atoms with E-state index >= 15 is 0 Å². The van der Waals surface area contributed by atoms with E-state index in [1.54, 1.807) is 25.1 Å². The lowest BCUT2D eigenvalue weighted by atomic mass is 10.1. The van der Waals surface area contributed by atoms with Crippen LogP contribution in [0.1, 0.15) is 29.9 Å². The molecule has 1 aromatic carbocycles. The molecule has 0 aliphatic rings. The van der Waals surface area contributed by atoms with E-state index < -0.39 is 11.9 Å². The highest BCUT2D eigenvalue weighted by molar-refractivity contribution is 5.81. The Labute approximate surface area is 140 Å². The van der Waals surface area contributed by atoms with Crippen LogP contribution in [0.15, 0.2) is 41.0 Å². The highest BCUT2D eigenvalue weighted by atomic mass is 16.6. The number of amides is 1. The maximum absolute atomic E-state index is 11.8. The highest BCUT2D eigenvalue weighted by Crippen LogP contribution is 2.20. The third kappa shape index (κ3) is 4.87. The van der Waals surface area contributed by atoms with Gasteiger partial charge in [-0.1, -0.05) is 12.1 Å². The Balaban J connectivity index is 1.73. The lowest BCUT2D eigenvalue weighted by Gasteiger charge is -2.12. The van der Waals surface area contributed by atoms with Gasteiger partial charge in [0.25, 0.3) is 5.91 Å². The summed E-state index contributed by atoms with van der Waals surface area (Å²) < 4.78 is 15.5. The average Bonchev–Trinajstić information content (AvgIpc) is 3.09. The highest BCUT2D eigenvalue weighted by Gasteiger charge is 2.14. The van der Waals surface area contributed by atoms with Gasteiger partial charge in [0.05, 0.1) is 12.3 Å². The minimum atomic E-state index is -0.600. The molecular formula is C18H21NO5. The first kappa shape index (κ1) is 17.6. The molecule has 1 N–H and O–H groups in total. The number of carbonyl (C=O) groups is 2. The number of aryl methyl sites for hydroxylation is 1. The van der Waals surface area contributed by atoms with Crippen molar-refractivity contribution in [3.8, 4) is 5.75 Å². The Kier molecular flexibility index (Phi) is 6.01. The van der Waals surface area contributed by atoms with Gasteiger partial charge in [0, 0.05) is 0 Å². The summed E-state index contributed by atoms with van der Waals surface area (Å²) >= 11 is 0. The van der Waals surface area contributed by atoms with Gasteiger partial charge in [-0.05, 0) is 50.1 Å². The summed E-state index contributed by atoms with van der Waals surface area (Å²) in [5, 5.41) is 2.68. The lowest BCUT2D eigenvalue weighted by molar-refractivity contribution is -0.150. The lowest BCUT2D eigenvalue weighted by Crippen LogP contribution is -2.31. The first-order valence-electron chi connectivity index (χ1n) is 7.64. The van der Waals surface area contributed by atoms with Gasteiger partial charge in [-0.2, -0.15) is 0 Å². The number of esters is 1. The molecule has 0 unspecified atom stereocenters. The molecule has 1 aromatic heterocycles. The van der Waals surface area contributed by atoms with Crippen LogP contribution in [0.25, 0.3) is 0 Å². The zero-order valence-corrected chi connectivity index (χ0v) is 14.0. The molecule has 2 rings (SSSR count). The molecule has 6 nitrogen and oxygen atoms in total. The number of ether oxygens (including phenoxy) is 2. The number of rotatable bonds is 7. The van der Waals surface area contributed by atoms with Crippen LogP contribution in [0.3, 0.4) is 0 Å². The van der Waals surface area contributed by atoms with Crippen LogP contribution < -0.4 is 10.1 Å². The molecule has 0 radical (unpaired) electrons. The third-order valence-electron chi connectivity index (χ3n) is 3.61. The zero-order chi connectivity index (χ0) is 17.5.